The van der Waals surface area contributed by atoms with Gasteiger partial charge in [-0.05, 0) is 58.1 Å². The summed E-state index contributed by atoms with van der Waals surface area (Å²) in [5, 5.41) is 8.18. The van der Waals surface area contributed by atoms with Crippen LogP contribution in [0, 0.1) is 0 Å². The van der Waals surface area contributed by atoms with Crippen LogP contribution in [0.3, 0.4) is 0 Å². The third kappa shape index (κ3) is 4.55. The number of furan rings is 1. The van der Waals surface area contributed by atoms with Crippen molar-refractivity contribution >= 4 is 55.5 Å². The summed E-state index contributed by atoms with van der Waals surface area (Å²) in [4.78, 5) is 10.5. The summed E-state index contributed by atoms with van der Waals surface area (Å²) < 4.78 is 8.72. The second kappa shape index (κ2) is 11.5. The molecule has 0 amide bonds. The molecule has 0 saturated heterocycles. The van der Waals surface area contributed by atoms with Crippen LogP contribution in [-0.4, -0.2) is 16.4 Å². The quantitative estimate of drug-likeness (QED) is 0.208. The van der Waals surface area contributed by atoms with Crippen molar-refractivity contribution < 1.29 is 4.42 Å². The molecule has 0 aliphatic carbocycles. The highest BCUT2D eigenvalue weighted by Crippen LogP contribution is 2.39. The molecular weight excluding hydrogens is 613 g/mol. The number of rotatable bonds is 4. The van der Waals surface area contributed by atoms with Crippen molar-refractivity contribution in [2.45, 2.75) is 6.17 Å². The van der Waals surface area contributed by atoms with Gasteiger partial charge in [0.25, 0.3) is 0 Å². The Labute approximate surface area is 288 Å². The number of nitrogens with zero attached hydrogens (tertiary/aromatic N) is 3. The Hall–Kier alpha value is -6.72. The lowest BCUT2D eigenvalue weighted by Gasteiger charge is -2.24. The summed E-state index contributed by atoms with van der Waals surface area (Å²) in [7, 11) is 0. The molecule has 1 aliphatic heterocycles. The van der Waals surface area contributed by atoms with Crippen LogP contribution in [-0.2, 0) is 0 Å². The van der Waals surface area contributed by atoms with E-state index in [-0.39, 0.29) is 6.17 Å². The first kappa shape index (κ1) is 28.3. The van der Waals surface area contributed by atoms with Crippen molar-refractivity contribution in [2.75, 3.05) is 0 Å². The molecule has 5 nitrogen and oxygen atoms in total. The topological polar surface area (TPSA) is 54.8 Å². The number of para-hydroxylation sites is 1. The summed E-state index contributed by atoms with van der Waals surface area (Å²) in [5.74, 6) is 1.36. The second-order valence-corrected chi connectivity index (χ2v) is 12.6. The average Bonchev–Trinajstić information content (AvgIpc) is 3.74. The predicted molar refractivity (Wildman–Crippen MR) is 206 cm³/mol. The molecule has 3 heterocycles. The van der Waals surface area contributed by atoms with Gasteiger partial charge in [-0.2, -0.15) is 4.99 Å². The molecule has 0 fully saturated rings. The number of hydrogen-bond acceptors (Lipinski definition) is 4. The lowest BCUT2D eigenvalue weighted by molar-refractivity contribution is 0.664. The normalized spacial score (nSPS) is 14.6. The summed E-state index contributed by atoms with van der Waals surface area (Å²) in [6.07, 6.45) is -0.344. The van der Waals surface area contributed by atoms with Crippen molar-refractivity contribution in [3.63, 3.8) is 0 Å². The van der Waals surface area contributed by atoms with Crippen molar-refractivity contribution in [1.82, 2.24) is 9.88 Å². The molecule has 236 valence electrons. The molecule has 7 aromatic carbocycles. The molecule has 2 aromatic heterocycles. The van der Waals surface area contributed by atoms with Gasteiger partial charge in [0.2, 0.25) is 5.96 Å². The minimum atomic E-state index is -0.344. The second-order valence-electron chi connectivity index (χ2n) is 12.6. The molecule has 10 rings (SSSR count). The maximum atomic E-state index is 6.51. The zero-order chi connectivity index (χ0) is 33.0. The van der Waals surface area contributed by atoms with Gasteiger partial charge in [0.05, 0.1) is 11.0 Å². The van der Waals surface area contributed by atoms with Crippen LogP contribution >= 0.6 is 0 Å². The van der Waals surface area contributed by atoms with Gasteiger partial charge in [-0.15, -0.1) is 0 Å². The van der Waals surface area contributed by atoms with Crippen LogP contribution in [0.15, 0.2) is 184 Å². The number of fused-ring (bicyclic) bond motifs is 6. The fraction of sp³-hybridized carbons (Fsp3) is 0.0222. The largest absolute Gasteiger partial charge is 0.456 e. The van der Waals surface area contributed by atoms with Gasteiger partial charge in [0, 0.05) is 27.1 Å². The van der Waals surface area contributed by atoms with Crippen LogP contribution in [0.5, 0.6) is 0 Å². The van der Waals surface area contributed by atoms with Crippen molar-refractivity contribution in [3.05, 3.63) is 181 Å². The van der Waals surface area contributed by atoms with Gasteiger partial charge >= 0.3 is 0 Å². The molecule has 1 N–H and O–H groups in total. The summed E-state index contributed by atoms with van der Waals surface area (Å²) >= 11 is 0. The Morgan fingerprint density at radius 3 is 1.90 bits per heavy atom. The van der Waals surface area contributed by atoms with Crippen LogP contribution in [0.1, 0.15) is 17.3 Å². The maximum absolute atomic E-state index is 6.51. The van der Waals surface area contributed by atoms with Gasteiger partial charge < -0.3 is 9.73 Å². The number of aliphatic imine (C=N–C) groups is 2. The SMILES string of the molecule is c1ccc(-c2cccc3oc4cc(C5=NC(n6c7ccccc7c7c(-c8ccccc8)cccc76)=NC(c6ccccc6)N5)ccc4c23)cc1. The average molecular weight is 643 g/mol. The smallest absolute Gasteiger partial charge is 0.234 e. The fourth-order valence-corrected chi connectivity index (χ4v) is 7.41. The summed E-state index contributed by atoms with van der Waals surface area (Å²) in [6, 6.07) is 59.1. The molecule has 0 saturated carbocycles. The number of nitrogens with one attached hydrogen (secondary N) is 1. The van der Waals surface area contributed by atoms with Crippen LogP contribution in [0.4, 0.5) is 0 Å². The summed E-state index contributed by atoms with van der Waals surface area (Å²) in [5.41, 5.74) is 10.5. The molecule has 50 heavy (non-hydrogen) atoms. The van der Waals surface area contributed by atoms with Gasteiger partial charge in [-0.25, -0.2) is 4.99 Å². The zero-order valence-electron chi connectivity index (χ0n) is 27.0. The number of benzene rings is 7. The van der Waals surface area contributed by atoms with Crippen LogP contribution < -0.4 is 5.32 Å². The molecule has 1 atom stereocenters. The molecular formula is C45H30N4O. The third-order valence-corrected chi connectivity index (χ3v) is 9.68. The third-order valence-electron chi connectivity index (χ3n) is 9.68. The van der Waals surface area contributed by atoms with E-state index in [1.807, 2.05) is 18.2 Å². The monoisotopic (exact) mass is 642 g/mol. The van der Waals surface area contributed by atoms with Crippen molar-refractivity contribution in [3.8, 4) is 22.3 Å². The predicted octanol–water partition coefficient (Wildman–Crippen LogP) is 11.0. The van der Waals surface area contributed by atoms with Crippen molar-refractivity contribution in [2.24, 2.45) is 9.98 Å². The van der Waals surface area contributed by atoms with Crippen molar-refractivity contribution in [1.29, 1.82) is 0 Å². The van der Waals surface area contributed by atoms with E-state index in [1.54, 1.807) is 0 Å². The highest BCUT2D eigenvalue weighted by atomic mass is 16.3. The van der Waals surface area contributed by atoms with E-state index in [0.29, 0.717) is 5.96 Å². The Bertz CT molecular complexity index is 2780. The minimum absolute atomic E-state index is 0.344. The molecule has 0 spiro atoms. The van der Waals surface area contributed by atoms with E-state index in [2.05, 4.69) is 162 Å². The lowest BCUT2D eigenvalue weighted by atomic mass is 9.99. The van der Waals surface area contributed by atoms with Crippen LogP contribution in [0.25, 0.3) is 66.0 Å². The van der Waals surface area contributed by atoms with Gasteiger partial charge in [0.15, 0.2) is 0 Å². The molecule has 0 bridgehead atoms. The Morgan fingerprint density at radius 2 is 1.14 bits per heavy atom. The first-order chi connectivity index (χ1) is 24.8. The molecule has 0 radical (unpaired) electrons. The standard InChI is InChI=1S/C45H30N4O/c1-4-14-29(15-5-1)33-21-12-24-38-41(33)35-20-10-11-23-37(35)49(38)45-47-43(31-18-8-3-9-19-31)46-44(48-45)32-26-27-36-40(28-32)50-39-25-13-22-34(42(36)39)30-16-6-2-7-17-30/h1-28,43H,(H,46,47,48). The highest BCUT2D eigenvalue weighted by Gasteiger charge is 2.25. The van der Waals surface area contributed by atoms with E-state index >= 15 is 0 Å². The Balaban J connectivity index is 1.17. The molecule has 1 unspecified atom stereocenters. The van der Waals surface area contributed by atoms with E-state index < -0.39 is 0 Å². The van der Waals surface area contributed by atoms with Crippen LogP contribution in [0.2, 0.25) is 0 Å². The number of aromatic nitrogens is 1. The van der Waals surface area contributed by atoms with E-state index in [1.165, 1.54) is 16.5 Å². The van der Waals surface area contributed by atoms with E-state index in [0.717, 1.165) is 66.4 Å². The number of amidine groups is 1. The summed E-state index contributed by atoms with van der Waals surface area (Å²) in [6.45, 7) is 0. The lowest BCUT2D eigenvalue weighted by Crippen LogP contribution is -2.35. The van der Waals surface area contributed by atoms with Gasteiger partial charge in [-0.3, -0.25) is 4.57 Å². The Morgan fingerprint density at radius 1 is 0.500 bits per heavy atom. The maximum Gasteiger partial charge on any atom is 0.234 e. The first-order valence-corrected chi connectivity index (χ1v) is 16.9. The molecule has 9 aromatic rings. The Kier molecular flexibility index (Phi) is 6.49. The minimum Gasteiger partial charge on any atom is -0.456 e. The van der Waals surface area contributed by atoms with E-state index in [9.17, 15) is 0 Å². The van der Waals surface area contributed by atoms with E-state index in [4.69, 9.17) is 14.4 Å². The van der Waals surface area contributed by atoms with Gasteiger partial charge in [0.1, 0.15) is 23.2 Å². The zero-order valence-corrected chi connectivity index (χ0v) is 27.0. The first-order valence-electron chi connectivity index (χ1n) is 16.9. The highest BCUT2D eigenvalue weighted by molar-refractivity contribution is 6.21. The fourth-order valence-electron chi connectivity index (χ4n) is 7.41. The number of hydrogen-bond donors (Lipinski definition) is 1. The van der Waals surface area contributed by atoms with Gasteiger partial charge in [-0.1, -0.05) is 140 Å². The molecule has 5 heteroatoms. The molecule has 1 aliphatic rings.